The number of imide groups is 1. The van der Waals surface area contributed by atoms with Gasteiger partial charge in [0, 0.05) is 18.1 Å². The molecular formula is C17H12N2O6. The average Bonchev–Trinajstić information content (AvgIpc) is 2.84. The second-order valence-corrected chi connectivity index (χ2v) is 5.47. The topological polar surface area (TPSA) is 118 Å². The van der Waals surface area contributed by atoms with Gasteiger partial charge in [-0.25, -0.2) is 4.79 Å². The summed E-state index contributed by atoms with van der Waals surface area (Å²) in [5.74, 6) is -2.84. The van der Waals surface area contributed by atoms with Gasteiger partial charge in [0.2, 0.25) is 0 Å². The van der Waals surface area contributed by atoms with E-state index in [2.05, 4.69) is 0 Å². The Bertz CT molecular complexity index is 873. The zero-order chi connectivity index (χ0) is 18.1. The molecule has 0 aromatic heterocycles. The van der Waals surface area contributed by atoms with Crippen molar-refractivity contribution in [1.82, 2.24) is 4.90 Å². The Morgan fingerprint density at radius 2 is 1.56 bits per heavy atom. The fourth-order valence-corrected chi connectivity index (χ4v) is 2.85. The number of benzene rings is 2. The smallest absolute Gasteiger partial charge is 0.327 e. The van der Waals surface area contributed by atoms with Crippen LogP contribution in [0.5, 0.6) is 0 Å². The highest BCUT2D eigenvalue weighted by Crippen LogP contribution is 2.28. The maximum Gasteiger partial charge on any atom is 0.327 e. The van der Waals surface area contributed by atoms with Gasteiger partial charge in [-0.1, -0.05) is 30.3 Å². The van der Waals surface area contributed by atoms with Gasteiger partial charge in [-0.3, -0.25) is 24.6 Å². The van der Waals surface area contributed by atoms with Crippen molar-refractivity contribution in [2.45, 2.75) is 12.5 Å². The number of carboxylic acid groups (broad SMARTS) is 1. The van der Waals surface area contributed by atoms with Gasteiger partial charge in [0.15, 0.2) is 0 Å². The van der Waals surface area contributed by atoms with E-state index in [-0.39, 0.29) is 28.8 Å². The van der Waals surface area contributed by atoms with Crippen LogP contribution < -0.4 is 0 Å². The largest absolute Gasteiger partial charge is 0.480 e. The molecule has 25 heavy (non-hydrogen) atoms. The number of fused-ring (bicyclic) bond motifs is 1. The van der Waals surface area contributed by atoms with E-state index in [1.54, 1.807) is 12.1 Å². The van der Waals surface area contributed by atoms with Crippen LogP contribution in [0.4, 0.5) is 5.69 Å². The van der Waals surface area contributed by atoms with E-state index in [0.717, 1.165) is 0 Å². The molecule has 1 heterocycles. The first-order valence-electron chi connectivity index (χ1n) is 7.34. The minimum Gasteiger partial charge on any atom is -0.480 e. The Balaban J connectivity index is 1.99. The standard InChI is InChI=1S/C17H12N2O6/c20-15-11-6-2-3-7-12(11)16(21)18(15)14(17(22)23)9-10-5-1-4-8-13(10)19(24)25/h1-8,14H,9H2,(H,22,23). The van der Waals surface area contributed by atoms with Gasteiger partial charge in [-0.05, 0) is 12.1 Å². The lowest BCUT2D eigenvalue weighted by Gasteiger charge is -2.22. The van der Waals surface area contributed by atoms with Crippen LogP contribution in [-0.2, 0) is 11.2 Å². The fourth-order valence-electron chi connectivity index (χ4n) is 2.85. The molecule has 0 spiro atoms. The van der Waals surface area contributed by atoms with Crippen LogP contribution in [0.25, 0.3) is 0 Å². The Morgan fingerprint density at radius 3 is 2.08 bits per heavy atom. The lowest BCUT2D eigenvalue weighted by molar-refractivity contribution is -0.385. The summed E-state index contributed by atoms with van der Waals surface area (Å²) in [6.45, 7) is 0. The number of carbonyl (C=O) groups is 3. The number of hydrogen-bond donors (Lipinski definition) is 1. The van der Waals surface area contributed by atoms with Crippen molar-refractivity contribution >= 4 is 23.5 Å². The summed E-state index contributed by atoms with van der Waals surface area (Å²) in [6, 6.07) is 10.1. The Labute approximate surface area is 141 Å². The molecule has 1 aliphatic heterocycles. The first kappa shape index (κ1) is 16.3. The highest BCUT2D eigenvalue weighted by molar-refractivity contribution is 6.22. The lowest BCUT2D eigenvalue weighted by atomic mass is 10.0. The number of nitro benzene ring substituents is 1. The number of para-hydroxylation sites is 1. The first-order valence-corrected chi connectivity index (χ1v) is 7.34. The highest BCUT2D eigenvalue weighted by atomic mass is 16.6. The second-order valence-electron chi connectivity index (χ2n) is 5.47. The zero-order valence-electron chi connectivity index (χ0n) is 12.8. The van der Waals surface area contributed by atoms with E-state index in [0.29, 0.717) is 4.90 Å². The molecule has 1 aliphatic rings. The Kier molecular flexibility index (Phi) is 4.02. The fraction of sp³-hybridized carbons (Fsp3) is 0.118. The predicted molar refractivity (Wildman–Crippen MR) is 85.2 cm³/mol. The van der Waals surface area contributed by atoms with Crippen molar-refractivity contribution in [3.8, 4) is 0 Å². The van der Waals surface area contributed by atoms with Crippen LogP contribution in [-0.4, -0.2) is 38.8 Å². The van der Waals surface area contributed by atoms with Crippen molar-refractivity contribution in [1.29, 1.82) is 0 Å². The first-order chi connectivity index (χ1) is 11.9. The van der Waals surface area contributed by atoms with Gasteiger partial charge < -0.3 is 5.11 Å². The number of rotatable bonds is 5. The third-order valence-electron chi connectivity index (χ3n) is 4.02. The maximum absolute atomic E-state index is 12.5. The maximum atomic E-state index is 12.5. The van der Waals surface area contributed by atoms with Gasteiger partial charge in [0.1, 0.15) is 6.04 Å². The predicted octanol–water partition coefficient (Wildman–Crippen LogP) is 1.89. The highest BCUT2D eigenvalue weighted by Gasteiger charge is 2.43. The molecule has 0 fully saturated rings. The van der Waals surface area contributed by atoms with Crippen molar-refractivity contribution in [2.75, 3.05) is 0 Å². The van der Waals surface area contributed by atoms with Gasteiger partial charge in [0.25, 0.3) is 17.5 Å². The molecule has 2 aromatic rings. The molecule has 0 radical (unpaired) electrons. The van der Waals surface area contributed by atoms with Crippen molar-refractivity contribution < 1.29 is 24.4 Å². The third-order valence-corrected chi connectivity index (χ3v) is 4.02. The van der Waals surface area contributed by atoms with Crippen LogP contribution in [0.15, 0.2) is 48.5 Å². The molecule has 1 atom stereocenters. The Hall–Kier alpha value is -3.55. The third kappa shape index (κ3) is 2.74. The molecular weight excluding hydrogens is 328 g/mol. The summed E-state index contributed by atoms with van der Waals surface area (Å²) in [6.07, 6.45) is -0.349. The Morgan fingerprint density at radius 1 is 1.04 bits per heavy atom. The summed E-state index contributed by atoms with van der Waals surface area (Å²) in [5.41, 5.74) is 0.129. The van der Waals surface area contributed by atoms with E-state index in [4.69, 9.17) is 0 Å². The van der Waals surface area contributed by atoms with Crippen molar-refractivity contribution in [3.05, 3.63) is 75.3 Å². The van der Waals surface area contributed by atoms with Crippen LogP contribution in [0, 0.1) is 10.1 Å². The zero-order valence-corrected chi connectivity index (χ0v) is 12.8. The quantitative estimate of drug-likeness (QED) is 0.504. The van der Waals surface area contributed by atoms with Gasteiger partial charge in [-0.2, -0.15) is 0 Å². The van der Waals surface area contributed by atoms with E-state index in [9.17, 15) is 29.6 Å². The van der Waals surface area contributed by atoms with E-state index >= 15 is 0 Å². The SMILES string of the molecule is O=C(O)C(Cc1ccccc1[N+](=O)[O-])N1C(=O)c2ccccc2C1=O. The number of nitrogens with zero attached hydrogens (tertiary/aromatic N) is 2. The summed E-state index contributed by atoms with van der Waals surface area (Å²) < 4.78 is 0. The van der Waals surface area contributed by atoms with Crippen molar-refractivity contribution in [3.63, 3.8) is 0 Å². The summed E-state index contributed by atoms with van der Waals surface area (Å²) >= 11 is 0. The number of aliphatic carboxylic acids is 1. The minimum absolute atomic E-state index is 0.126. The van der Waals surface area contributed by atoms with Gasteiger partial charge >= 0.3 is 5.97 Å². The molecule has 1 N–H and O–H groups in total. The number of carbonyl (C=O) groups excluding carboxylic acids is 2. The van der Waals surface area contributed by atoms with Crippen LogP contribution in [0.2, 0.25) is 0 Å². The number of nitro groups is 1. The molecule has 1 unspecified atom stereocenters. The number of carboxylic acids is 1. The van der Waals surface area contributed by atoms with Crippen molar-refractivity contribution in [2.24, 2.45) is 0 Å². The summed E-state index contributed by atoms with van der Waals surface area (Å²) in [4.78, 5) is 47.8. The monoisotopic (exact) mass is 340 g/mol. The van der Waals surface area contributed by atoms with Crippen LogP contribution in [0.3, 0.4) is 0 Å². The van der Waals surface area contributed by atoms with Gasteiger partial charge in [0.05, 0.1) is 16.1 Å². The molecule has 126 valence electrons. The van der Waals surface area contributed by atoms with E-state index in [1.807, 2.05) is 0 Å². The molecule has 2 aromatic carbocycles. The number of hydrogen-bond acceptors (Lipinski definition) is 5. The lowest BCUT2D eigenvalue weighted by Crippen LogP contribution is -2.46. The molecule has 3 rings (SSSR count). The molecule has 0 aliphatic carbocycles. The normalized spacial score (nSPS) is 14.3. The molecule has 8 nitrogen and oxygen atoms in total. The number of amides is 2. The van der Waals surface area contributed by atoms with E-state index < -0.39 is 28.7 Å². The summed E-state index contributed by atoms with van der Waals surface area (Å²) in [7, 11) is 0. The molecule has 2 amide bonds. The summed E-state index contributed by atoms with van der Waals surface area (Å²) in [5, 5.41) is 20.6. The molecule has 0 saturated carbocycles. The van der Waals surface area contributed by atoms with Crippen LogP contribution >= 0.6 is 0 Å². The van der Waals surface area contributed by atoms with Gasteiger partial charge in [-0.15, -0.1) is 0 Å². The molecule has 8 heteroatoms. The molecule has 0 saturated heterocycles. The van der Waals surface area contributed by atoms with Crippen LogP contribution in [0.1, 0.15) is 26.3 Å². The van der Waals surface area contributed by atoms with E-state index in [1.165, 1.54) is 36.4 Å². The second kappa shape index (κ2) is 6.16. The molecule has 0 bridgehead atoms. The minimum atomic E-state index is -1.53. The average molecular weight is 340 g/mol.